The third kappa shape index (κ3) is 2.65. The molecule has 0 saturated carbocycles. The smallest absolute Gasteiger partial charge is 0.323 e. The number of aromatic nitrogens is 3. The molecule has 0 radical (unpaired) electrons. The van der Waals surface area contributed by atoms with Gasteiger partial charge in [-0.25, -0.2) is 4.79 Å². The van der Waals surface area contributed by atoms with Crippen LogP contribution in [0.25, 0.3) is 0 Å². The minimum absolute atomic E-state index is 0.208. The van der Waals surface area contributed by atoms with Crippen LogP contribution in [-0.2, 0) is 0 Å². The fourth-order valence-corrected chi connectivity index (χ4v) is 1.61. The first kappa shape index (κ1) is 12.1. The second-order valence-corrected chi connectivity index (χ2v) is 4.06. The molecule has 6 heteroatoms. The second-order valence-electron chi connectivity index (χ2n) is 4.06. The van der Waals surface area contributed by atoms with E-state index in [1.54, 1.807) is 0 Å². The molecule has 2 heterocycles. The topological polar surface area (TPSA) is 90.6 Å². The number of aryl methyl sites for hydroxylation is 1. The molecule has 0 aliphatic heterocycles. The Kier molecular flexibility index (Phi) is 3.27. The third-order valence-corrected chi connectivity index (χ3v) is 2.54. The molecule has 0 aliphatic rings. The quantitative estimate of drug-likeness (QED) is 0.751. The molecule has 0 aromatic carbocycles. The second kappa shape index (κ2) is 4.87. The zero-order valence-electron chi connectivity index (χ0n) is 10.2. The summed E-state index contributed by atoms with van der Waals surface area (Å²) in [4.78, 5) is 31.8. The number of imidazole rings is 1. The van der Waals surface area contributed by atoms with E-state index < -0.39 is 5.69 Å². The lowest BCUT2D eigenvalue weighted by atomic mass is 10.2. The van der Waals surface area contributed by atoms with Crippen LogP contribution < -0.4 is 11.0 Å². The number of amides is 1. The van der Waals surface area contributed by atoms with Crippen LogP contribution >= 0.6 is 0 Å². The molecule has 0 unspecified atom stereocenters. The molecular weight excluding hydrogens is 232 g/mol. The van der Waals surface area contributed by atoms with Crippen LogP contribution in [0.15, 0.2) is 29.2 Å². The van der Waals surface area contributed by atoms with Crippen LogP contribution in [0.4, 0.5) is 0 Å². The van der Waals surface area contributed by atoms with Crippen LogP contribution in [0.3, 0.4) is 0 Å². The molecule has 2 rings (SSSR count). The summed E-state index contributed by atoms with van der Waals surface area (Å²) in [6.45, 7) is 3.73. The van der Waals surface area contributed by atoms with Gasteiger partial charge < -0.3 is 15.3 Å². The molecule has 0 bridgehead atoms. The lowest BCUT2D eigenvalue weighted by molar-refractivity contribution is 0.0934. The van der Waals surface area contributed by atoms with Crippen molar-refractivity contribution >= 4 is 5.91 Å². The van der Waals surface area contributed by atoms with Gasteiger partial charge in [0.15, 0.2) is 0 Å². The van der Waals surface area contributed by atoms with Gasteiger partial charge in [0.25, 0.3) is 5.91 Å². The molecule has 0 saturated heterocycles. The summed E-state index contributed by atoms with van der Waals surface area (Å²) >= 11 is 0. The Labute approximate surface area is 103 Å². The Balaban J connectivity index is 2.10. The average molecular weight is 246 g/mol. The fraction of sp³-hybridized carbons (Fsp3) is 0.250. The molecule has 18 heavy (non-hydrogen) atoms. The van der Waals surface area contributed by atoms with E-state index in [2.05, 4.69) is 20.3 Å². The summed E-state index contributed by atoms with van der Waals surface area (Å²) in [6, 6.07) is 5.40. The summed E-state index contributed by atoms with van der Waals surface area (Å²) < 4.78 is 0. The molecule has 94 valence electrons. The van der Waals surface area contributed by atoms with Crippen molar-refractivity contribution in [1.82, 2.24) is 20.3 Å². The van der Waals surface area contributed by atoms with E-state index in [0.29, 0.717) is 0 Å². The number of nitrogens with zero attached hydrogens (tertiary/aromatic N) is 1. The van der Waals surface area contributed by atoms with E-state index in [9.17, 15) is 9.59 Å². The highest BCUT2D eigenvalue weighted by Crippen LogP contribution is 2.10. The van der Waals surface area contributed by atoms with E-state index in [0.717, 1.165) is 11.4 Å². The predicted octanol–water partition coefficient (Wildman–Crippen LogP) is 0.897. The third-order valence-electron chi connectivity index (χ3n) is 2.54. The summed E-state index contributed by atoms with van der Waals surface area (Å²) in [5, 5.41) is 2.76. The first-order valence-corrected chi connectivity index (χ1v) is 5.58. The Morgan fingerprint density at radius 1 is 1.44 bits per heavy atom. The Morgan fingerprint density at radius 2 is 2.22 bits per heavy atom. The van der Waals surface area contributed by atoms with Gasteiger partial charge in [0, 0.05) is 11.9 Å². The van der Waals surface area contributed by atoms with Crippen molar-refractivity contribution in [2.45, 2.75) is 19.9 Å². The number of nitrogens with one attached hydrogen (secondary N) is 3. The van der Waals surface area contributed by atoms with E-state index in [1.165, 1.54) is 6.20 Å². The maximum atomic E-state index is 11.8. The molecule has 6 nitrogen and oxygen atoms in total. The Hall–Kier alpha value is -2.37. The Bertz CT molecular complexity index is 614. The van der Waals surface area contributed by atoms with Crippen molar-refractivity contribution in [3.05, 3.63) is 52.0 Å². The first-order valence-electron chi connectivity index (χ1n) is 5.58. The maximum Gasteiger partial charge on any atom is 0.323 e. The van der Waals surface area contributed by atoms with Crippen molar-refractivity contribution in [2.75, 3.05) is 0 Å². The molecule has 2 aromatic heterocycles. The summed E-state index contributed by atoms with van der Waals surface area (Å²) in [5.74, 6) is -0.343. The predicted molar refractivity (Wildman–Crippen MR) is 66.3 cm³/mol. The van der Waals surface area contributed by atoms with E-state index in [-0.39, 0.29) is 17.6 Å². The number of hydrogen-bond acceptors (Lipinski definition) is 3. The number of aromatic amines is 2. The highest BCUT2D eigenvalue weighted by atomic mass is 16.2. The summed E-state index contributed by atoms with van der Waals surface area (Å²) in [7, 11) is 0. The van der Waals surface area contributed by atoms with Gasteiger partial charge in [-0.15, -0.1) is 0 Å². The minimum Gasteiger partial charge on any atom is -0.343 e. The number of carbonyl (C=O) groups excluding carboxylic acids is 1. The van der Waals surface area contributed by atoms with Crippen LogP contribution in [0.2, 0.25) is 0 Å². The number of pyridine rings is 1. The zero-order chi connectivity index (χ0) is 13.1. The Morgan fingerprint density at radius 3 is 2.83 bits per heavy atom. The standard InChI is InChI=1S/C12H14N4O2/c1-7-4-3-5-9(14-7)8(2)15-11(17)10-6-13-12(18)16-10/h3-6,8H,1-2H3,(H,15,17)(H2,13,16,18)/t8-/m0/s1. The number of hydrogen-bond donors (Lipinski definition) is 3. The number of rotatable bonds is 3. The summed E-state index contributed by atoms with van der Waals surface area (Å²) in [5.41, 5.74) is 1.48. The first-order chi connectivity index (χ1) is 8.56. The van der Waals surface area contributed by atoms with Crippen molar-refractivity contribution in [3.63, 3.8) is 0 Å². The zero-order valence-corrected chi connectivity index (χ0v) is 10.2. The van der Waals surface area contributed by atoms with E-state index in [4.69, 9.17) is 0 Å². The van der Waals surface area contributed by atoms with E-state index >= 15 is 0 Å². The van der Waals surface area contributed by atoms with Crippen LogP contribution in [-0.4, -0.2) is 20.9 Å². The minimum atomic E-state index is -0.401. The highest BCUT2D eigenvalue weighted by molar-refractivity contribution is 5.92. The normalized spacial score (nSPS) is 12.1. The van der Waals surface area contributed by atoms with Gasteiger partial charge in [-0.2, -0.15) is 0 Å². The van der Waals surface area contributed by atoms with Crippen molar-refractivity contribution in [1.29, 1.82) is 0 Å². The molecule has 3 N–H and O–H groups in total. The van der Waals surface area contributed by atoms with Crippen LogP contribution in [0.1, 0.15) is 34.8 Å². The number of carbonyl (C=O) groups is 1. The molecule has 0 fully saturated rings. The molecule has 1 atom stereocenters. The van der Waals surface area contributed by atoms with E-state index in [1.807, 2.05) is 32.0 Å². The van der Waals surface area contributed by atoms with Gasteiger partial charge >= 0.3 is 5.69 Å². The molecule has 0 spiro atoms. The monoisotopic (exact) mass is 246 g/mol. The molecule has 2 aromatic rings. The van der Waals surface area contributed by atoms with Crippen LogP contribution in [0.5, 0.6) is 0 Å². The van der Waals surface area contributed by atoms with Gasteiger partial charge in [-0.1, -0.05) is 6.07 Å². The van der Waals surface area contributed by atoms with Crippen molar-refractivity contribution in [3.8, 4) is 0 Å². The highest BCUT2D eigenvalue weighted by Gasteiger charge is 2.13. The molecular formula is C12H14N4O2. The van der Waals surface area contributed by atoms with Gasteiger partial charge in [0.05, 0.1) is 11.7 Å². The van der Waals surface area contributed by atoms with Crippen molar-refractivity contribution in [2.24, 2.45) is 0 Å². The average Bonchev–Trinajstić information content (AvgIpc) is 2.76. The van der Waals surface area contributed by atoms with Gasteiger partial charge in [0.2, 0.25) is 0 Å². The van der Waals surface area contributed by atoms with Gasteiger partial charge in [-0.3, -0.25) is 9.78 Å². The largest absolute Gasteiger partial charge is 0.343 e. The van der Waals surface area contributed by atoms with Crippen LogP contribution in [0, 0.1) is 6.92 Å². The van der Waals surface area contributed by atoms with Gasteiger partial charge in [0.1, 0.15) is 5.69 Å². The SMILES string of the molecule is Cc1cccc([C@H](C)NC(=O)c2c[nH]c(=O)[nH]2)n1. The van der Waals surface area contributed by atoms with Gasteiger partial charge in [-0.05, 0) is 26.0 Å². The fourth-order valence-electron chi connectivity index (χ4n) is 1.61. The lowest BCUT2D eigenvalue weighted by Gasteiger charge is -2.12. The molecule has 0 aliphatic carbocycles. The maximum absolute atomic E-state index is 11.8. The van der Waals surface area contributed by atoms with Crippen molar-refractivity contribution < 1.29 is 4.79 Å². The molecule has 1 amide bonds. The number of H-pyrrole nitrogens is 2. The lowest BCUT2D eigenvalue weighted by Crippen LogP contribution is -2.28. The summed E-state index contributed by atoms with van der Waals surface area (Å²) in [6.07, 6.45) is 1.34.